The number of piperidine rings is 1. The molecule has 142 valence electrons. The number of anilines is 2. The van der Waals surface area contributed by atoms with Crippen LogP contribution in [-0.2, 0) is 9.47 Å². The van der Waals surface area contributed by atoms with Gasteiger partial charge in [0.25, 0.3) is 5.91 Å². The van der Waals surface area contributed by atoms with Crippen LogP contribution in [0.5, 0.6) is 0 Å². The first kappa shape index (κ1) is 17.9. The maximum absolute atomic E-state index is 12.9. The highest BCUT2D eigenvalue weighted by Crippen LogP contribution is 2.31. The number of likely N-dealkylation sites (tertiary alicyclic amines) is 1. The SMILES string of the molecule is Cc1ccc(C)c(Nc2nccc(C(=O)N3CCC4(CC3)OCCO4)n2)c1. The third-order valence-electron chi connectivity index (χ3n) is 5.14. The van der Waals surface area contributed by atoms with Crippen LogP contribution in [0.15, 0.2) is 30.5 Å². The van der Waals surface area contributed by atoms with Crippen LogP contribution in [0.1, 0.15) is 34.5 Å². The first-order valence-corrected chi connectivity index (χ1v) is 9.29. The second-order valence-electron chi connectivity index (χ2n) is 7.11. The summed E-state index contributed by atoms with van der Waals surface area (Å²) < 4.78 is 11.5. The molecule has 4 rings (SSSR count). The average molecular weight is 368 g/mol. The van der Waals surface area contributed by atoms with Crippen LogP contribution in [0.25, 0.3) is 0 Å². The number of ether oxygens (including phenoxy) is 2. The highest BCUT2D eigenvalue weighted by molar-refractivity contribution is 5.92. The molecule has 1 N–H and O–H groups in total. The first-order chi connectivity index (χ1) is 13.0. The van der Waals surface area contributed by atoms with Crippen molar-refractivity contribution in [1.29, 1.82) is 0 Å². The molecule has 2 aromatic rings. The summed E-state index contributed by atoms with van der Waals surface area (Å²) in [7, 11) is 0. The van der Waals surface area contributed by atoms with E-state index in [-0.39, 0.29) is 5.91 Å². The standard InChI is InChI=1S/C20H24N4O3/c1-14-3-4-15(2)17(13-14)23-19-21-8-5-16(22-19)18(25)24-9-6-20(7-10-24)26-11-12-27-20/h3-5,8,13H,6-7,9-12H2,1-2H3,(H,21,22,23). The van der Waals surface area contributed by atoms with Crippen molar-refractivity contribution in [3.63, 3.8) is 0 Å². The van der Waals surface area contributed by atoms with Crippen LogP contribution in [0.2, 0.25) is 0 Å². The number of nitrogens with zero attached hydrogens (tertiary/aromatic N) is 3. The van der Waals surface area contributed by atoms with Crippen molar-refractivity contribution < 1.29 is 14.3 Å². The van der Waals surface area contributed by atoms with Gasteiger partial charge in [-0.3, -0.25) is 4.79 Å². The number of aryl methyl sites for hydroxylation is 2. The molecule has 0 radical (unpaired) electrons. The van der Waals surface area contributed by atoms with E-state index in [0.29, 0.717) is 50.8 Å². The number of carbonyl (C=O) groups is 1. The van der Waals surface area contributed by atoms with Gasteiger partial charge < -0.3 is 19.7 Å². The number of hydrogen-bond donors (Lipinski definition) is 1. The molecule has 0 bridgehead atoms. The molecule has 2 aliphatic rings. The van der Waals surface area contributed by atoms with Crippen molar-refractivity contribution in [3.8, 4) is 0 Å². The van der Waals surface area contributed by atoms with Gasteiger partial charge in [-0.1, -0.05) is 12.1 Å². The second kappa shape index (κ2) is 7.25. The molecule has 1 spiro atoms. The summed E-state index contributed by atoms with van der Waals surface area (Å²) in [5.74, 6) is -0.155. The number of amides is 1. The fraction of sp³-hybridized carbons (Fsp3) is 0.450. The van der Waals surface area contributed by atoms with E-state index >= 15 is 0 Å². The van der Waals surface area contributed by atoms with Crippen molar-refractivity contribution in [3.05, 3.63) is 47.3 Å². The van der Waals surface area contributed by atoms with E-state index in [1.54, 1.807) is 17.2 Å². The third kappa shape index (κ3) is 3.79. The van der Waals surface area contributed by atoms with Crippen LogP contribution in [0.4, 0.5) is 11.6 Å². The normalized spacial score (nSPS) is 18.7. The lowest BCUT2D eigenvalue weighted by Gasteiger charge is -2.37. The van der Waals surface area contributed by atoms with Gasteiger partial charge in [0.1, 0.15) is 5.69 Å². The summed E-state index contributed by atoms with van der Waals surface area (Å²) in [6, 6.07) is 7.80. The number of rotatable bonds is 3. The Morgan fingerprint density at radius 1 is 1.15 bits per heavy atom. The van der Waals surface area contributed by atoms with Crippen molar-refractivity contribution in [2.45, 2.75) is 32.5 Å². The molecule has 2 fully saturated rings. The quantitative estimate of drug-likeness (QED) is 0.898. The zero-order valence-electron chi connectivity index (χ0n) is 15.7. The Balaban J connectivity index is 1.46. The molecule has 0 aliphatic carbocycles. The van der Waals surface area contributed by atoms with Crippen LogP contribution >= 0.6 is 0 Å². The fourth-order valence-electron chi connectivity index (χ4n) is 3.53. The third-order valence-corrected chi connectivity index (χ3v) is 5.14. The minimum absolute atomic E-state index is 0.0886. The number of carbonyl (C=O) groups excluding carboxylic acids is 1. The van der Waals surface area contributed by atoms with Gasteiger partial charge in [0.05, 0.1) is 13.2 Å². The Kier molecular flexibility index (Phi) is 4.80. The lowest BCUT2D eigenvalue weighted by molar-refractivity contribution is -0.181. The molecule has 1 aromatic heterocycles. The molecule has 3 heterocycles. The molecule has 0 unspecified atom stereocenters. The number of aromatic nitrogens is 2. The lowest BCUT2D eigenvalue weighted by atomic mass is 10.0. The molecule has 0 saturated carbocycles. The first-order valence-electron chi connectivity index (χ1n) is 9.29. The van der Waals surface area contributed by atoms with Crippen molar-refractivity contribution >= 4 is 17.5 Å². The smallest absolute Gasteiger partial charge is 0.272 e. The lowest BCUT2D eigenvalue weighted by Crippen LogP contribution is -2.47. The van der Waals surface area contributed by atoms with E-state index in [9.17, 15) is 4.79 Å². The zero-order chi connectivity index (χ0) is 18.9. The van der Waals surface area contributed by atoms with Crippen LogP contribution < -0.4 is 5.32 Å². The van der Waals surface area contributed by atoms with Gasteiger partial charge in [0.2, 0.25) is 5.95 Å². The monoisotopic (exact) mass is 368 g/mol. The predicted molar refractivity (Wildman–Crippen MR) is 101 cm³/mol. The zero-order valence-corrected chi connectivity index (χ0v) is 15.7. The maximum Gasteiger partial charge on any atom is 0.272 e. The summed E-state index contributed by atoms with van der Waals surface area (Å²) in [5, 5.41) is 3.22. The van der Waals surface area contributed by atoms with E-state index < -0.39 is 5.79 Å². The summed E-state index contributed by atoms with van der Waals surface area (Å²) in [6.45, 7) is 6.52. The summed E-state index contributed by atoms with van der Waals surface area (Å²) in [6.07, 6.45) is 3.00. The van der Waals surface area contributed by atoms with E-state index in [4.69, 9.17) is 9.47 Å². The van der Waals surface area contributed by atoms with Gasteiger partial charge in [-0.25, -0.2) is 9.97 Å². The van der Waals surface area contributed by atoms with Crippen LogP contribution in [0, 0.1) is 13.8 Å². The summed E-state index contributed by atoms with van der Waals surface area (Å²) >= 11 is 0. The molecule has 27 heavy (non-hydrogen) atoms. The molecule has 2 aliphatic heterocycles. The Morgan fingerprint density at radius 2 is 1.89 bits per heavy atom. The Bertz CT molecular complexity index is 839. The summed E-state index contributed by atoms with van der Waals surface area (Å²) in [4.78, 5) is 23.3. The summed E-state index contributed by atoms with van der Waals surface area (Å²) in [5.41, 5.74) is 3.57. The predicted octanol–water partition coefficient (Wildman–Crippen LogP) is 2.82. The topological polar surface area (TPSA) is 76.6 Å². The Morgan fingerprint density at radius 3 is 2.63 bits per heavy atom. The number of nitrogens with one attached hydrogen (secondary N) is 1. The van der Waals surface area contributed by atoms with E-state index in [1.165, 1.54) is 0 Å². The van der Waals surface area contributed by atoms with Crippen LogP contribution in [-0.4, -0.2) is 52.9 Å². The molecular formula is C20H24N4O3. The minimum Gasteiger partial charge on any atom is -0.347 e. The molecule has 1 aromatic carbocycles. The Labute approximate surface area is 158 Å². The van der Waals surface area contributed by atoms with Crippen LogP contribution in [0.3, 0.4) is 0 Å². The van der Waals surface area contributed by atoms with E-state index in [1.807, 2.05) is 26.0 Å². The minimum atomic E-state index is -0.488. The van der Waals surface area contributed by atoms with Gasteiger partial charge in [-0.05, 0) is 37.1 Å². The van der Waals surface area contributed by atoms with Gasteiger partial charge >= 0.3 is 0 Å². The van der Waals surface area contributed by atoms with E-state index in [0.717, 1.165) is 16.8 Å². The number of benzene rings is 1. The molecule has 7 heteroatoms. The van der Waals surface area contributed by atoms with Gasteiger partial charge in [-0.2, -0.15) is 0 Å². The van der Waals surface area contributed by atoms with Crippen molar-refractivity contribution in [1.82, 2.24) is 14.9 Å². The highest BCUT2D eigenvalue weighted by atomic mass is 16.7. The van der Waals surface area contributed by atoms with Gasteiger partial charge in [0.15, 0.2) is 5.79 Å². The second-order valence-corrected chi connectivity index (χ2v) is 7.11. The largest absolute Gasteiger partial charge is 0.347 e. The van der Waals surface area contributed by atoms with Crippen molar-refractivity contribution in [2.24, 2.45) is 0 Å². The average Bonchev–Trinajstić information content (AvgIpc) is 3.13. The maximum atomic E-state index is 12.9. The molecule has 1 amide bonds. The van der Waals surface area contributed by atoms with Crippen molar-refractivity contribution in [2.75, 3.05) is 31.6 Å². The number of hydrogen-bond acceptors (Lipinski definition) is 6. The van der Waals surface area contributed by atoms with Gasteiger partial charge in [0, 0.05) is 37.8 Å². The molecule has 2 saturated heterocycles. The van der Waals surface area contributed by atoms with Gasteiger partial charge in [-0.15, -0.1) is 0 Å². The molecule has 0 atom stereocenters. The Hall–Kier alpha value is -2.51. The fourth-order valence-corrected chi connectivity index (χ4v) is 3.53. The van der Waals surface area contributed by atoms with E-state index in [2.05, 4.69) is 21.4 Å². The molecular weight excluding hydrogens is 344 g/mol. The highest BCUT2D eigenvalue weighted by Gasteiger charge is 2.41. The molecule has 7 nitrogen and oxygen atoms in total.